The zero-order valence-corrected chi connectivity index (χ0v) is 26.1. The van der Waals surface area contributed by atoms with E-state index in [1.54, 1.807) is 18.5 Å². The second-order valence-corrected chi connectivity index (χ2v) is 11.3. The normalized spacial score (nSPS) is 11.8. The predicted molar refractivity (Wildman–Crippen MR) is 176 cm³/mol. The maximum absolute atomic E-state index is 14.2. The first kappa shape index (κ1) is 32.2. The molecule has 4 rings (SSSR count). The van der Waals surface area contributed by atoms with Gasteiger partial charge in [-0.2, -0.15) is 0 Å². The van der Waals surface area contributed by atoms with Crippen LogP contribution in [0, 0.1) is 6.92 Å². The van der Waals surface area contributed by atoms with Crippen LogP contribution in [0.5, 0.6) is 5.75 Å². The molecular formula is C36H40F2N4O2. The topological polar surface area (TPSA) is 67.7 Å². The SMILES string of the molecule is C=CC(F)=CC(=C)Oc1cc(NCCC(C)(C)F)c2ncc(-c3ccc(C(=O)Nc4c(CC)cccc4CC)c(C)c3)n2c1. The van der Waals surface area contributed by atoms with Crippen molar-refractivity contribution in [3.8, 4) is 17.0 Å². The van der Waals surface area contributed by atoms with E-state index >= 15 is 0 Å². The molecule has 0 saturated carbocycles. The molecule has 2 heterocycles. The van der Waals surface area contributed by atoms with Gasteiger partial charge < -0.3 is 15.4 Å². The van der Waals surface area contributed by atoms with Gasteiger partial charge >= 0.3 is 0 Å². The molecule has 0 fully saturated rings. The number of aryl methyl sites for hydroxylation is 3. The minimum absolute atomic E-state index is 0.0846. The Morgan fingerprint density at radius 1 is 1.14 bits per heavy atom. The Kier molecular flexibility index (Phi) is 10.0. The van der Waals surface area contributed by atoms with Crippen molar-refractivity contribution in [1.82, 2.24) is 9.38 Å². The lowest BCUT2D eigenvalue weighted by molar-refractivity contribution is 0.102. The number of rotatable bonds is 13. The number of benzene rings is 2. The highest BCUT2D eigenvalue weighted by molar-refractivity contribution is 6.06. The molecule has 0 aliphatic carbocycles. The first-order valence-electron chi connectivity index (χ1n) is 14.8. The van der Waals surface area contributed by atoms with Gasteiger partial charge in [-0.05, 0) is 74.9 Å². The summed E-state index contributed by atoms with van der Waals surface area (Å²) >= 11 is 0. The Morgan fingerprint density at radius 3 is 2.45 bits per heavy atom. The van der Waals surface area contributed by atoms with E-state index in [9.17, 15) is 13.6 Å². The molecular weight excluding hydrogens is 558 g/mol. The molecule has 2 aromatic heterocycles. The highest BCUT2D eigenvalue weighted by Crippen LogP contribution is 2.31. The summed E-state index contributed by atoms with van der Waals surface area (Å²) in [7, 11) is 0. The third kappa shape index (κ3) is 7.61. The summed E-state index contributed by atoms with van der Waals surface area (Å²) in [6.07, 6.45) is 7.58. The summed E-state index contributed by atoms with van der Waals surface area (Å²) in [5, 5.41) is 6.41. The van der Waals surface area contributed by atoms with E-state index in [0.29, 0.717) is 29.2 Å². The van der Waals surface area contributed by atoms with Crippen LogP contribution >= 0.6 is 0 Å². The lowest BCUT2D eigenvalue weighted by Gasteiger charge is -2.17. The molecule has 0 aliphatic rings. The van der Waals surface area contributed by atoms with Crippen molar-refractivity contribution in [1.29, 1.82) is 0 Å². The van der Waals surface area contributed by atoms with Crippen molar-refractivity contribution in [2.24, 2.45) is 0 Å². The monoisotopic (exact) mass is 598 g/mol. The minimum atomic E-state index is -1.35. The molecule has 0 saturated heterocycles. The molecule has 4 aromatic rings. The number of hydrogen-bond donors (Lipinski definition) is 2. The van der Waals surface area contributed by atoms with E-state index in [1.165, 1.54) is 13.8 Å². The number of anilines is 2. The molecule has 0 bridgehead atoms. The molecule has 230 valence electrons. The molecule has 0 spiro atoms. The molecule has 8 heteroatoms. The summed E-state index contributed by atoms with van der Waals surface area (Å²) < 4.78 is 35.6. The Bertz CT molecular complexity index is 1710. The van der Waals surface area contributed by atoms with Crippen LogP contribution in [0.15, 0.2) is 91.8 Å². The van der Waals surface area contributed by atoms with Crippen molar-refractivity contribution in [2.45, 2.75) is 59.5 Å². The van der Waals surface area contributed by atoms with Crippen molar-refractivity contribution in [3.63, 3.8) is 0 Å². The van der Waals surface area contributed by atoms with Gasteiger partial charge in [-0.3, -0.25) is 9.20 Å². The number of imidazole rings is 1. The van der Waals surface area contributed by atoms with Crippen LogP contribution < -0.4 is 15.4 Å². The van der Waals surface area contributed by atoms with Crippen molar-refractivity contribution < 1.29 is 18.3 Å². The fourth-order valence-corrected chi connectivity index (χ4v) is 5.01. The number of allylic oxidation sites excluding steroid dienone is 3. The number of para-hydroxylation sites is 1. The van der Waals surface area contributed by atoms with E-state index in [2.05, 4.69) is 42.6 Å². The average molecular weight is 599 g/mol. The quantitative estimate of drug-likeness (QED) is 0.119. The fraction of sp³-hybridized carbons (Fsp3) is 0.278. The summed E-state index contributed by atoms with van der Waals surface area (Å²) in [5.41, 5.74) is 5.90. The van der Waals surface area contributed by atoms with E-state index in [0.717, 1.165) is 58.6 Å². The van der Waals surface area contributed by atoms with Crippen molar-refractivity contribution in [3.05, 3.63) is 114 Å². The molecule has 0 radical (unpaired) electrons. The molecule has 6 nitrogen and oxygen atoms in total. The van der Waals surface area contributed by atoms with Gasteiger partial charge in [0.1, 0.15) is 23.0 Å². The van der Waals surface area contributed by atoms with Crippen molar-refractivity contribution >= 4 is 22.9 Å². The number of carbonyl (C=O) groups is 1. The highest BCUT2D eigenvalue weighted by Gasteiger charge is 2.18. The lowest BCUT2D eigenvalue weighted by atomic mass is 10.0. The van der Waals surface area contributed by atoms with E-state index in [1.807, 2.05) is 47.7 Å². The second-order valence-electron chi connectivity index (χ2n) is 11.3. The third-order valence-corrected chi connectivity index (χ3v) is 7.36. The number of hydrogen-bond acceptors (Lipinski definition) is 4. The maximum Gasteiger partial charge on any atom is 0.255 e. The summed E-state index contributed by atoms with van der Waals surface area (Å²) in [5.74, 6) is -0.280. The van der Waals surface area contributed by atoms with Gasteiger partial charge in [-0.25, -0.2) is 13.8 Å². The maximum atomic E-state index is 14.2. The summed E-state index contributed by atoms with van der Waals surface area (Å²) in [6.45, 7) is 16.7. The molecule has 2 aromatic carbocycles. The smallest absolute Gasteiger partial charge is 0.255 e. The Morgan fingerprint density at radius 2 is 1.84 bits per heavy atom. The third-order valence-electron chi connectivity index (χ3n) is 7.36. The van der Waals surface area contributed by atoms with Crippen LogP contribution in [-0.2, 0) is 12.8 Å². The lowest BCUT2D eigenvalue weighted by Crippen LogP contribution is -2.18. The number of nitrogens with zero attached hydrogens (tertiary/aromatic N) is 2. The zero-order chi connectivity index (χ0) is 32.0. The molecule has 1 amide bonds. The van der Waals surface area contributed by atoms with E-state index in [-0.39, 0.29) is 18.1 Å². The number of fused-ring (bicyclic) bond motifs is 1. The van der Waals surface area contributed by atoms with E-state index < -0.39 is 11.5 Å². The molecule has 0 atom stereocenters. The van der Waals surface area contributed by atoms with Crippen LogP contribution in [0.4, 0.5) is 20.2 Å². The summed E-state index contributed by atoms with van der Waals surface area (Å²) in [6, 6.07) is 13.5. The number of ether oxygens (including phenoxy) is 1. The highest BCUT2D eigenvalue weighted by atomic mass is 19.1. The fourth-order valence-electron chi connectivity index (χ4n) is 5.01. The first-order valence-corrected chi connectivity index (χ1v) is 14.8. The van der Waals surface area contributed by atoms with Crippen LogP contribution in [-0.4, -0.2) is 27.5 Å². The number of halogens is 2. The van der Waals surface area contributed by atoms with Crippen LogP contribution in [0.3, 0.4) is 0 Å². The predicted octanol–water partition coefficient (Wildman–Crippen LogP) is 9.17. The van der Waals surface area contributed by atoms with Gasteiger partial charge in [0, 0.05) is 35.5 Å². The standard InChI is InChI=1S/C36H40F2N4O2/c1-8-25-12-11-13-26(9-2)33(25)41-35(43)30-15-14-27(18-23(30)4)32-21-40-34-31(39-17-16-36(6,7)38)20-29(22-42(32)34)44-24(5)19-28(37)10-3/h10-15,18-22,39H,3,5,8-9,16-17H2,1-2,4,6-7H3,(H,41,43). The minimum Gasteiger partial charge on any atom is -0.456 e. The molecule has 2 N–H and O–H groups in total. The number of carbonyl (C=O) groups excluding carboxylic acids is 1. The first-order chi connectivity index (χ1) is 20.9. The number of nitrogens with one attached hydrogen (secondary N) is 2. The Labute approximate surface area is 258 Å². The number of amides is 1. The molecule has 0 unspecified atom stereocenters. The van der Waals surface area contributed by atoms with Gasteiger partial charge in [0.15, 0.2) is 5.65 Å². The largest absolute Gasteiger partial charge is 0.456 e. The number of pyridine rings is 1. The van der Waals surface area contributed by atoms with Gasteiger partial charge in [-0.1, -0.05) is 51.3 Å². The zero-order valence-electron chi connectivity index (χ0n) is 26.1. The molecule has 0 aliphatic heterocycles. The average Bonchev–Trinajstić information content (AvgIpc) is 3.40. The van der Waals surface area contributed by atoms with Gasteiger partial charge in [0.25, 0.3) is 5.91 Å². The van der Waals surface area contributed by atoms with Gasteiger partial charge in [-0.15, -0.1) is 0 Å². The van der Waals surface area contributed by atoms with Crippen LogP contribution in [0.1, 0.15) is 61.2 Å². The van der Waals surface area contributed by atoms with Crippen molar-refractivity contribution in [2.75, 3.05) is 17.2 Å². The summed E-state index contributed by atoms with van der Waals surface area (Å²) in [4.78, 5) is 18.1. The van der Waals surface area contributed by atoms with Gasteiger partial charge in [0.2, 0.25) is 0 Å². The van der Waals surface area contributed by atoms with Crippen LogP contribution in [0.25, 0.3) is 16.9 Å². The number of aromatic nitrogens is 2. The molecule has 44 heavy (non-hydrogen) atoms. The van der Waals surface area contributed by atoms with Gasteiger partial charge in [0.05, 0.1) is 23.8 Å². The Balaban J connectivity index is 1.70. The van der Waals surface area contributed by atoms with E-state index in [4.69, 9.17) is 4.74 Å². The van der Waals surface area contributed by atoms with Crippen LogP contribution in [0.2, 0.25) is 0 Å². The number of alkyl halides is 1. The second kappa shape index (κ2) is 13.7. The Hall–Kier alpha value is -4.72.